The molecule has 0 fully saturated rings. The zero-order valence-corrected chi connectivity index (χ0v) is 16.5. The third-order valence-electron chi connectivity index (χ3n) is 3.64. The number of carbonyl (C=O) groups excluding carboxylic acids is 2. The molecule has 0 aromatic heterocycles. The number of amides is 2. The van der Waals surface area contributed by atoms with Gasteiger partial charge in [0.05, 0.1) is 6.61 Å². The molecule has 1 atom stereocenters. The molecule has 144 valence electrons. The minimum absolute atomic E-state index is 0.382. The summed E-state index contributed by atoms with van der Waals surface area (Å²) in [5.41, 5.74) is 6.39. The van der Waals surface area contributed by atoms with Crippen LogP contribution in [-0.2, 0) is 10.5 Å². The number of ether oxygens (including phenoxy) is 2. The standard InChI is InChI=1S/C20H24N2O4S/c1-4-25-17-9-11-18(12-10-17)26-14(2)19(23)21-22-20(24)16-7-5-15(6-8-16)13-27-3/h5-12,14H,4,13H2,1-3H3,(H,21,23)(H,22,24)/t14-/m0/s1. The Kier molecular flexibility index (Phi) is 8.00. The minimum atomic E-state index is -0.771. The first-order valence-electron chi connectivity index (χ1n) is 8.61. The molecular weight excluding hydrogens is 364 g/mol. The highest BCUT2D eigenvalue weighted by Crippen LogP contribution is 2.18. The van der Waals surface area contributed by atoms with Gasteiger partial charge in [0.25, 0.3) is 11.8 Å². The van der Waals surface area contributed by atoms with Gasteiger partial charge in [-0.2, -0.15) is 11.8 Å². The lowest BCUT2D eigenvalue weighted by Gasteiger charge is -2.15. The number of nitrogens with one attached hydrogen (secondary N) is 2. The maximum Gasteiger partial charge on any atom is 0.279 e. The second-order valence-corrected chi connectivity index (χ2v) is 6.60. The summed E-state index contributed by atoms with van der Waals surface area (Å²) in [7, 11) is 0. The van der Waals surface area contributed by atoms with Crippen LogP contribution < -0.4 is 20.3 Å². The van der Waals surface area contributed by atoms with E-state index in [9.17, 15) is 9.59 Å². The Bertz CT molecular complexity index is 748. The predicted molar refractivity (Wildman–Crippen MR) is 107 cm³/mol. The van der Waals surface area contributed by atoms with Gasteiger partial charge in [-0.25, -0.2) is 0 Å². The molecule has 0 spiro atoms. The molecule has 0 unspecified atom stereocenters. The Balaban J connectivity index is 1.82. The van der Waals surface area contributed by atoms with Crippen molar-refractivity contribution >= 4 is 23.6 Å². The highest BCUT2D eigenvalue weighted by Gasteiger charge is 2.16. The van der Waals surface area contributed by atoms with Crippen molar-refractivity contribution < 1.29 is 19.1 Å². The van der Waals surface area contributed by atoms with Crippen molar-refractivity contribution in [3.05, 3.63) is 59.7 Å². The highest BCUT2D eigenvalue weighted by molar-refractivity contribution is 7.97. The summed E-state index contributed by atoms with van der Waals surface area (Å²) in [5, 5.41) is 0. The Morgan fingerprint density at radius 1 is 1.00 bits per heavy atom. The van der Waals surface area contributed by atoms with Crippen LogP contribution in [0.2, 0.25) is 0 Å². The molecule has 0 radical (unpaired) electrons. The number of hydrogen-bond donors (Lipinski definition) is 2. The van der Waals surface area contributed by atoms with Crippen LogP contribution in [0.1, 0.15) is 29.8 Å². The van der Waals surface area contributed by atoms with E-state index in [1.54, 1.807) is 55.1 Å². The van der Waals surface area contributed by atoms with Gasteiger partial charge in [-0.3, -0.25) is 20.4 Å². The van der Waals surface area contributed by atoms with Crippen LogP contribution in [0.4, 0.5) is 0 Å². The van der Waals surface area contributed by atoms with E-state index >= 15 is 0 Å². The van der Waals surface area contributed by atoms with Gasteiger partial charge in [0.15, 0.2) is 6.10 Å². The fourth-order valence-corrected chi connectivity index (χ4v) is 2.78. The van der Waals surface area contributed by atoms with Crippen molar-refractivity contribution in [1.82, 2.24) is 10.9 Å². The SMILES string of the molecule is CCOc1ccc(O[C@@H](C)C(=O)NNC(=O)c2ccc(CSC)cc2)cc1. The molecule has 7 heteroatoms. The lowest BCUT2D eigenvalue weighted by atomic mass is 10.1. The van der Waals surface area contributed by atoms with Crippen LogP contribution in [0.25, 0.3) is 0 Å². The number of rotatable bonds is 8. The van der Waals surface area contributed by atoms with E-state index in [1.165, 1.54) is 0 Å². The molecule has 6 nitrogen and oxygen atoms in total. The minimum Gasteiger partial charge on any atom is -0.494 e. The first kappa shape index (κ1) is 20.6. The number of benzene rings is 2. The molecule has 0 aliphatic heterocycles. The normalized spacial score (nSPS) is 11.4. The van der Waals surface area contributed by atoms with Crippen molar-refractivity contribution in [2.45, 2.75) is 25.7 Å². The number of hydrazine groups is 1. The Labute approximate surface area is 163 Å². The van der Waals surface area contributed by atoms with Crippen molar-refractivity contribution in [2.75, 3.05) is 12.9 Å². The average molecular weight is 388 g/mol. The van der Waals surface area contributed by atoms with E-state index in [4.69, 9.17) is 9.47 Å². The summed E-state index contributed by atoms with van der Waals surface area (Å²) in [6.45, 7) is 4.10. The number of carbonyl (C=O) groups is 2. The first-order chi connectivity index (χ1) is 13.0. The number of thioether (sulfide) groups is 1. The van der Waals surface area contributed by atoms with Crippen molar-refractivity contribution in [1.29, 1.82) is 0 Å². The van der Waals surface area contributed by atoms with E-state index in [2.05, 4.69) is 10.9 Å². The molecule has 0 aliphatic carbocycles. The summed E-state index contributed by atoms with van der Waals surface area (Å²) in [5.74, 6) is 1.33. The average Bonchev–Trinajstić information content (AvgIpc) is 2.68. The van der Waals surface area contributed by atoms with Crippen molar-refractivity contribution in [3.8, 4) is 11.5 Å². The van der Waals surface area contributed by atoms with Gasteiger partial charge < -0.3 is 9.47 Å². The van der Waals surface area contributed by atoms with Crippen molar-refractivity contribution in [3.63, 3.8) is 0 Å². The topological polar surface area (TPSA) is 76.7 Å². The molecule has 0 saturated carbocycles. The Morgan fingerprint density at radius 3 is 2.22 bits per heavy atom. The van der Waals surface area contributed by atoms with Gasteiger partial charge in [-0.05, 0) is 62.1 Å². The zero-order chi connectivity index (χ0) is 19.6. The maximum atomic E-state index is 12.1. The number of hydrogen-bond acceptors (Lipinski definition) is 5. The fraction of sp³-hybridized carbons (Fsp3) is 0.300. The zero-order valence-electron chi connectivity index (χ0n) is 15.7. The van der Waals surface area contributed by atoms with Crippen LogP contribution >= 0.6 is 11.8 Å². The molecule has 0 aliphatic rings. The first-order valence-corrected chi connectivity index (χ1v) is 10.0. The van der Waals surface area contributed by atoms with Gasteiger partial charge in [0.2, 0.25) is 0 Å². The fourth-order valence-electron chi connectivity index (χ4n) is 2.25. The lowest BCUT2D eigenvalue weighted by Crippen LogP contribution is -2.47. The van der Waals surface area contributed by atoms with E-state index in [0.29, 0.717) is 17.9 Å². The van der Waals surface area contributed by atoms with E-state index in [0.717, 1.165) is 17.1 Å². The summed E-state index contributed by atoms with van der Waals surface area (Å²) < 4.78 is 10.9. The highest BCUT2D eigenvalue weighted by atomic mass is 32.2. The maximum absolute atomic E-state index is 12.1. The van der Waals surface area contributed by atoms with Crippen LogP contribution in [0, 0.1) is 0 Å². The molecular formula is C20H24N2O4S. The van der Waals surface area contributed by atoms with Gasteiger partial charge >= 0.3 is 0 Å². The lowest BCUT2D eigenvalue weighted by molar-refractivity contribution is -0.128. The molecule has 27 heavy (non-hydrogen) atoms. The van der Waals surface area contributed by atoms with E-state index in [1.807, 2.05) is 25.3 Å². The molecule has 2 N–H and O–H groups in total. The molecule has 2 aromatic carbocycles. The summed E-state index contributed by atoms with van der Waals surface area (Å²) in [6, 6.07) is 14.2. The molecule has 0 saturated heterocycles. The van der Waals surface area contributed by atoms with Crippen LogP contribution in [0.3, 0.4) is 0 Å². The van der Waals surface area contributed by atoms with Crippen LogP contribution in [-0.4, -0.2) is 30.8 Å². The molecule has 2 aromatic rings. The van der Waals surface area contributed by atoms with Gasteiger partial charge in [-0.15, -0.1) is 0 Å². The third-order valence-corrected chi connectivity index (χ3v) is 4.27. The van der Waals surface area contributed by atoms with Gasteiger partial charge in [0, 0.05) is 11.3 Å². The van der Waals surface area contributed by atoms with Crippen LogP contribution in [0.15, 0.2) is 48.5 Å². The monoisotopic (exact) mass is 388 g/mol. The molecule has 2 amide bonds. The van der Waals surface area contributed by atoms with Gasteiger partial charge in [-0.1, -0.05) is 12.1 Å². The Morgan fingerprint density at radius 2 is 1.63 bits per heavy atom. The van der Waals surface area contributed by atoms with E-state index < -0.39 is 12.0 Å². The molecule has 2 rings (SSSR count). The van der Waals surface area contributed by atoms with Crippen molar-refractivity contribution in [2.24, 2.45) is 0 Å². The summed E-state index contributed by atoms with van der Waals surface area (Å²) >= 11 is 1.71. The molecule has 0 heterocycles. The Hall–Kier alpha value is -2.67. The van der Waals surface area contributed by atoms with Crippen LogP contribution in [0.5, 0.6) is 11.5 Å². The smallest absolute Gasteiger partial charge is 0.279 e. The molecule has 0 bridgehead atoms. The second-order valence-electron chi connectivity index (χ2n) is 5.74. The summed E-state index contributed by atoms with van der Waals surface area (Å²) in [4.78, 5) is 24.2. The summed E-state index contributed by atoms with van der Waals surface area (Å²) in [6.07, 6.45) is 1.25. The quantitative estimate of drug-likeness (QED) is 0.679. The third kappa shape index (κ3) is 6.53. The van der Waals surface area contributed by atoms with E-state index in [-0.39, 0.29) is 5.91 Å². The second kappa shape index (κ2) is 10.5. The predicted octanol–water partition coefficient (Wildman–Crippen LogP) is 3.18. The largest absolute Gasteiger partial charge is 0.494 e. The van der Waals surface area contributed by atoms with Gasteiger partial charge in [0.1, 0.15) is 11.5 Å².